The summed E-state index contributed by atoms with van der Waals surface area (Å²) in [4.78, 5) is 11.9. The van der Waals surface area contributed by atoms with Crippen LogP contribution in [-0.4, -0.2) is 18.1 Å². The molecule has 1 aromatic carbocycles. The Morgan fingerprint density at radius 3 is 2.16 bits per heavy atom. The maximum atomic E-state index is 11.9. The van der Waals surface area contributed by atoms with E-state index in [4.69, 9.17) is 4.74 Å². The Labute approximate surface area is 123 Å². The molecule has 3 nitrogen and oxygen atoms in total. The van der Waals surface area contributed by atoms with Crippen molar-refractivity contribution in [3.8, 4) is 0 Å². The van der Waals surface area contributed by atoms with Crippen molar-refractivity contribution < 1.29 is 9.53 Å². The van der Waals surface area contributed by atoms with Crippen LogP contribution >= 0.6 is 15.9 Å². The first-order valence-electron chi connectivity index (χ1n) is 6.31. The first-order chi connectivity index (χ1) is 8.60. The zero-order chi connectivity index (χ0) is 14.7. The quantitative estimate of drug-likeness (QED) is 0.917. The molecule has 1 amide bonds. The molecule has 1 aromatic rings. The van der Waals surface area contributed by atoms with Crippen LogP contribution in [0.3, 0.4) is 0 Å². The zero-order valence-corrected chi connectivity index (χ0v) is 13.8. The van der Waals surface area contributed by atoms with E-state index in [0.29, 0.717) is 0 Å². The number of carbonyl (C=O) groups is 1. The van der Waals surface area contributed by atoms with E-state index in [1.807, 2.05) is 58.9 Å². The summed E-state index contributed by atoms with van der Waals surface area (Å²) in [5.74, 6) is -0.108. The van der Waals surface area contributed by atoms with Gasteiger partial charge in [0.25, 0.3) is 0 Å². The summed E-state index contributed by atoms with van der Waals surface area (Å²) < 4.78 is 6.50. The fraction of sp³-hybridized carbons (Fsp3) is 0.533. The number of ether oxygens (including phenoxy) is 1. The Kier molecular flexibility index (Phi) is 5.16. The van der Waals surface area contributed by atoms with Gasteiger partial charge < -0.3 is 10.1 Å². The SMILES string of the molecule is CC(C)(C)OCC(=O)NC(C)(C)c1ccc(Br)cc1. The van der Waals surface area contributed by atoms with Gasteiger partial charge in [-0.2, -0.15) is 0 Å². The molecule has 1 N–H and O–H groups in total. The fourth-order valence-electron chi connectivity index (χ4n) is 1.61. The average molecular weight is 328 g/mol. The van der Waals surface area contributed by atoms with E-state index in [1.54, 1.807) is 0 Å². The lowest BCUT2D eigenvalue weighted by molar-refractivity contribution is -0.132. The van der Waals surface area contributed by atoms with Crippen LogP contribution in [0.25, 0.3) is 0 Å². The van der Waals surface area contributed by atoms with Crippen molar-refractivity contribution in [3.05, 3.63) is 34.3 Å². The van der Waals surface area contributed by atoms with Gasteiger partial charge in [0.15, 0.2) is 0 Å². The molecule has 4 heteroatoms. The Balaban J connectivity index is 2.64. The van der Waals surface area contributed by atoms with Crippen molar-refractivity contribution in [2.45, 2.75) is 45.8 Å². The topological polar surface area (TPSA) is 38.3 Å². The molecule has 0 aliphatic heterocycles. The summed E-state index contributed by atoms with van der Waals surface area (Å²) in [6, 6.07) is 7.92. The number of carbonyl (C=O) groups excluding carboxylic acids is 1. The highest BCUT2D eigenvalue weighted by Gasteiger charge is 2.23. The van der Waals surface area contributed by atoms with Gasteiger partial charge in [0, 0.05) is 4.47 Å². The minimum atomic E-state index is -0.418. The predicted octanol–water partition coefficient (Wildman–Crippen LogP) is 3.62. The molecule has 0 aliphatic rings. The predicted molar refractivity (Wildman–Crippen MR) is 81.0 cm³/mol. The molecule has 0 bridgehead atoms. The van der Waals surface area contributed by atoms with Crippen LogP contribution in [0.2, 0.25) is 0 Å². The second-order valence-electron chi connectivity index (χ2n) is 6.08. The maximum Gasteiger partial charge on any atom is 0.246 e. The summed E-state index contributed by atoms with van der Waals surface area (Å²) in [5, 5.41) is 2.99. The van der Waals surface area contributed by atoms with Gasteiger partial charge in [-0.15, -0.1) is 0 Å². The van der Waals surface area contributed by atoms with Gasteiger partial charge in [-0.05, 0) is 52.3 Å². The van der Waals surface area contributed by atoms with Gasteiger partial charge >= 0.3 is 0 Å². The summed E-state index contributed by atoms with van der Waals surface area (Å²) in [6.07, 6.45) is 0. The van der Waals surface area contributed by atoms with E-state index in [0.717, 1.165) is 10.0 Å². The second kappa shape index (κ2) is 6.06. The van der Waals surface area contributed by atoms with Crippen LogP contribution in [0, 0.1) is 0 Å². The summed E-state index contributed by atoms with van der Waals surface area (Å²) in [5.41, 5.74) is 0.331. The van der Waals surface area contributed by atoms with Gasteiger partial charge in [0.05, 0.1) is 11.1 Å². The Bertz CT molecular complexity index is 432. The van der Waals surface area contributed by atoms with Crippen LogP contribution in [0.5, 0.6) is 0 Å². The highest BCUT2D eigenvalue weighted by atomic mass is 79.9. The van der Waals surface area contributed by atoms with Crippen molar-refractivity contribution in [3.63, 3.8) is 0 Å². The minimum absolute atomic E-state index is 0.0729. The highest BCUT2D eigenvalue weighted by Crippen LogP contribution is 2.22. The molecular formula is C15H22BrNO2. The second-order valence-corrected chi connectivity index (χ2v) is 7.00. The number of amides is 1. The van der Waals surface area contributed by atoms with Gasteiger partial charge in [-0.1, -0.05) is 28.1 Å². The lowest BCUT2D eigenvalue weighted by Gasteiger charge is -2.28. The maximum absolute atomic E-state index is 11.9. The molecule has 0 aromatic heterocycles. The summed E-state index contributed by atoms with van der Waals surface area (Å²) in [6.45, 7) is 9.82. The monoisotopic (exact) mass is 327 g/mol. The zero-order valence-electron chi connectivity index (χ0n) is 12.2. The van der Waals surface area contributed by atoms with Gasteiger partial charge in [0.1, 0.15) is 6.61 Å². The van der Waals surface area contributed by atoms with E-state index >= 15 is 0 Å². The van der Waals surface area contributed by atoms with E-state index in [-0.39, 0.29) is 18.1 Å². The number of benzene rings is 1. The Morgan fingerprint density at radius 1 is 1.16 bits per heavy atom. The average Bonchev–Trinajstić information content (AvgIpc) is 2.25. The third-order valence-corrected chi connectivity index (χ3v) is 3.18. The van der Waals surface area contributed by atoms with Crippen molar-refractivity contribution in [1.29, 1.82) is 0 Å². The summed E-state index contributed by atoms with van der Waals surface area (Å²) >= 11 is 3.40. The molecule has 0 atom stereocenters. The standard InChI is InChI=1S/C15H22BrNO2/c1-14(2,3)19-10-13(18)17-15(4,5)11-6-8-12(16)9-7-11/h6-9H,10H2,1-5H3,(H,17,18). The van der Waals surface area contributed by atoms with Crippen LogP contribution < -0.4 is 5.32 Å². The van der Waals surface area contributed by atoms with Crippen LogP contribution in [0.4, 0.5) is 0 Å². The molecular weight excluding hydrogens is 306 g/mol. The van der Waals surface area contributed by atoms with Crippen molar-refractivity contribution in [2.24, 2.45) is 0 Å². The number of hydrogen-bond acceptors (Lipinski definition) is 2. The summed E-state index contributed by atoms with van der Waals surface area (Å²) in [7, 11) is 0. The Morgan fingerprint density at radius 2 is 1.68 bits per heavy atom. The molecule has 0 unspecified atom stereocenters. The van der Waals surface area contributed by atoms with E-state index in [1.165, 1.54) is 0 Å². The highest BCUT2D eigenvalue weighted by molar-refractivity contribution is 9.10. The Hall–Kier alpha value is -0.870. The van der Waals surface area contributed by atoms with E-state index in [2.05, 4.69) is 21.2 Å². The van der Waals surface area contributed by atoms with Crippen molar-refractivity contribution in [2.75, 3.05) is 6.61 Å². The van der Waals surface area contributed by atoms with Crippen LogP contribution in [-0.2, 0) is 15.1 Å². The number of rotatable bonds is 4. The molecule has 0 aliphatic carbocycles. The van der Waals surface area contributed by atoms with Crippen LogP contribution in [0.1, 0.15) is 40.2 Å². The van der Waals surface area contributed by atoms with Crippen LogP contribution in [0.15, 0.2) is 28.7 Å². The normalized spacial score (nSPS) is 12.3. The smallest absolute Gasteiger partial charge is 0.246 e. The fourth-order valence-corrected chi connectivity index (χ4v) is 1.87. The molecule has 0 radical (unpaired) electrons. The third kappa shape index (κ3) is 5.74. The first-order valence-corrected chi connectivity index (χ1v) is 7.10. The number of halogens is 1. The molecule has 106 valence electrons. The van der Waals surface area contributed by atoms with Gasteiger partial charge in [-0.3, -0.25) is 4.79 Å². The number of nitrogens with one attached hydrogen (secondary N) is 1. The molecule has 0 heterocycles. The molecule has 0 spiro atoms. The largest absolute Gasteiger partial charge is 0.366 e. The lowest BCUT2D eigenvalue weighted by atomic mass is 9.94. The van der Waals surface area contributed by atoms with Gasteiger partial charge in [-0.25, -0.2) is 0 Å². The molecule has 0 fully saturated rings. The van der Waals surface area contributed by atoms with E-state index < -0.39 is 5.54 Å². The number of hydrogen-bond donors (Lipinski definition) is 1. The van der Waals surface area contributed by atoms with Crippen molar-refractivity contribution >= 4 is 21.8 Å². The third-order valence-electron chi connectivity index (χ3n) is 2.65. The molecule has 19 heavy (non-hydrogen) atoms. The lowest BCUT2D eigenvalue weighted by Crippen LogP contribution is -2.43. The van der Waals surface area contributed by atoms with Crippen molar-refractivity contribution in [1.82, 2.24) is 5.32 Å². The molecule has 0 saturated carbocycles. The van der Waals surface area contributed by atoms with Gasteiger partial charge in [0.2, 0.25) is 5.91 Å². The molecule has 0 saturated heterocycles. The van der Waals surface area contributed by atoms with E-state index in [9.17, 15) is 4.79 Å². The molecule has 1 rings (SSSR count). The minimum Gasteiger partial charge on any atom is -0.366 e. The first kappa shape index (κ1) is 16.2.